The molecule has 0 heterocycles. The van der Waals surface area contributed by atoms with E-state index in [1.165, 1.54) is 0 Å². The first-order valence-corrected chi connectivity index (χ1v) is 15.5. The fourth-order valence-corrected chi connectivity index (χ4v) is 3.81. The van der Waals surface area contributed by atoms with Crippen LogP contribution >= 0.6 is 0 Å². The molecule has 236 valence electrons. The molecule has 0 fully saturated rings. The maximum Gasteiger partial charge on any atom is 0.325 e. The zero-order chi connectivity index (χ0) is 30.2. The van der Waals surface area contributed by atoms with Gasteiger partial charge in [-0.25, -0.2) is 0 Å². The smallest absolute Gasteiger partial charge is 0.325 e. The number of ether oxygens (including phenoxy) is 7. The van der Waals surface area contributed by atoms with Crippen LogP contribution in [0.3, 0.4) is 0 Å². The van der Waals surface area contributed by atoms with Crippen molar-refractivity contribution in [2.75, 3.05) is 33.0 Å². The zero-order valence-electron chi connectivity index (χ0n) is 27.5. The highest BCUT2D eigenvalue weighted by molar-refractivity contribution is 5.00. The molecule has 0 amide bonds. The van der Waals surface area contributed by atoms with Crippen LogP contribution in [0.5, 0.6) is 0 Å². The molecule has 0 aromatic carbocycles. The fourth-order valence-electron chi connectivity index (χ4n) is 3.81. The van der Waals surface area contributed by atoms with E-state index in [0.717, 1.165) is 38.5 Å². The Morgan fingerprint density at radius 3 is 1.74 bits per heavy atom. The van der Waals surface area contributed by atoms with Crippen molar-refractivity contribution in [1.82, 2.24) is 0 Å². The summed E-state index contributed by atoms with van der Waals surface area (Å²) in [7, 11) is 0. The standard InChI is InChI=1S/C31H64O8/c1-13-17-19-22-35-31(38-27(9)16-4,39-28(10,11)12)29(32,24-33-20-15-3)30(37-26(7)8,34-21-18-14-2)36-23-25(5)6/h25-27,32H,13-24H2,1-12H3. The highest BCUT2D eigenvalue weighted by Gasteiger charge is 2.72. The monoisotopic (exact) mass is 564 g/mol. The molecule has 0 aromatic rings. The number of hydrogen-bond donors (Lipinski definition) is 1. The van der Waals surface area contributed by atoms with Gasteiger partial charge in [0.25, 0.3) is 5.60 Å². The summed E-state index contributed by atoms with van der Waals surface area (Å²) >= 11 is 0. The lowest BCUT2D eigenvalue weighted by Gasteiger charge is -2.55. The van der Waals surface area contributed by atoms with Gasteiger partial charge in [0, 0.05) is 6.61 Å². The minimum atomic E-state index is -2.18. The maximum atomic E-state index is 13.1. The zero-order valence-corrected chi connectivity index (χ0v) is 27.5. The Labute approximate surface area is 240 Å². The van der Waals surface area contributed by atoms with Crippen LogP contribution in [-0.4, -0.2) is 73.5 Å². The normalized spacial score (nSPS) is 18.2. The van der Waals surface area contributed by atoms with E-state index in [4.69, 9.17) is 33.2 Å². The Kier molecular flexibility index (Phi) is 18.8. The van der Waals surface area contributed by atoms with Crippen molar-refractivity contribution in [1.29, 1.82) is 0 Å². The summed E-state index contributed by atoms with van der Waals surface area (Å²) in [5.41, 5.74) is -2.95. The summed E-state index contributed by atoms with van der Waals surface area (Å²) in [5, 5.41) is 13.1. The van der Waals surface area contributed by atoms with E-state index >= 15 is 0 Å². The average molecular weight is 565 g/mol. The molecule has 4 atom stereocenters. The van der Waals surface area contributed by atoms with Gasteiger partial charge in [0.2, 0.25) is 0 Å². The lowest BCUT2D eigenvalue weighted by atomic mass is 9.95. The highest BCUT2D eigenvalue weighted by Crippen LogP contribution is 2.46. The van der Waals surface area contributed by atoms with Crippen molar-refractivity contribution in [2.24, 2.45) is 5.92 Å². The minimum absolute atomic E-state index is 0.134. The van der Waals surface area contributed by atoms with Gasteiger partial charge in [-0.2, -0.15) is 0 Å². The Bertz CT molecular complexity index is 608. The third kappa shape index (κ3) is 13.0. The SMILES string of the molecule is CCCCCOC(OC(C)CC)(OC(C)(C)C)C(O)(COCCC)C(OCCCC)(OCC(C)C)OC(C)C. The van der Waals surface area contributed by atoms with Crippen molar-refractivity contribution in [2.45, 2.75) is 163 Å². The van der Waals surface area contributed by atoms with Gasteiger partial charge in [-0.1, -0.05) is 60.8 Å². The molecule has 8 heteroatoms. The van der Waals surface area contributed by atoms with Crippen LogP contribution in [0.25, 0.3) is 0 Å². The number of unbranched alkanes of at least 4 members (excludes halogenated alkanes) is 3. The Morgan fingerprint density at radius 2 is 1.26 bits per heavy atom. The molecule has 0 radical (unpaired) electrons. The molecule has 8 nitrogen and oxygen atoms in total. The van der Waals surface area contributed by atoms with E-state index in [2.05, 4.69) is 13.8 Å². The van der Waals surface area contributed by atoms with Crippen molar-refractivity contribution >= 4 is 0 Å². The summed E-state index contributed by atoms with van der Waals surface area (Å²) in [6, 6.07) is 0. The molecule has 0 aromatic heterocycles. The van der Waals surface area contributed by atoms with Gasteiger partial charge in [0.15, 0.2) is 0 Å². The summed E-state index contributed by atoms with van der Waals surface area (Å²) in [6.45, 7) is 24.7. The predicted octanol–water partition coefficient (Wildman–Crippen LogP) is 7.20. The molecule has 0 rings (SSSR count). The van der Waals surface area contributed by atoms with Gasteiger partial charge in [0.05, 0.1) is 44.2 Å². The third-order valence-electron chi connectivity index (χ3n) is 5.87. The van der Waals surface area contributed by atoms with E-state index < -0.39 is 23.1 Å². The average Bonchev–Trinajstić information content (AvgIpc) is 2.83. The molecule has 1 N–H and O–H groups in total. The van der Waals surface area contributed by atoms with Crippen LogP contribution < -0.4 is 0 Å². The first kappa shape index (κ1) is 38.7. The molecule has 0 aliphatic rings. The van der Waals surface area contributed by atoms with E-state index in [-0.39, 0.29) is 31.3 Å². The second kappa shape index (κ2) is 19.0. The van der Waals surface area contributed by atoms with Crippen LogP contribution in [0.1, 0.15) is 128 Å². The summed E-state index contributed by atoms with van der Waals surface area (Å²) in [5.74, 6) is -3.90. The second-order valence-corrected chi connectivity index (χ2v) is 12.2. The molecule has 0 aliphatic heterocycles. The fraction of sp³-hybridized carbons (Fsp3) is 1.00. The van der Waals surface area contributed by atoms with E-state index in [9.17, 15) is 5.11 Å². The number of rotatable bonds is 24. The predicted molar refractivity (Wildman–Crippen MR) is 157 cm³/mol. The molecule has 0 saturated heterocycles. The summed E-state index contributed by atoms with van der Waals surface area (Å²) < 4.78 is 45.4. The third-order valence-corrected chi connectivity index (χ3v) is 5.87. The molecule has 0 spiro atoms. The van der Waals surface area contributed by atoms with Gasteiger partial charge in [-0.15, -0.1) is 0 Å². The van der Waals surface area contributed by atoms with E-state index in [1.807, 2.05) is 69.2 Å². The Balaban J connectivity index is 7.43. The van der Waals surface area contributed by atoms with Crippen LogP contribution in [0.4, 0.5) is 0 Å². The first-order valence-electron chi connectivity index (χ1n) is 15.5. The number of aliphatic hydroxyl groups is 1. The molecule has 4 unspecified atom stereocenters. The molecular weight excluding hydrogens is 500 g/mol. The lowest BCUT2D eigenvalue weighted by Crippen LogP contribution is -2.77. The van der Waals surface area contributed by atoms with Gasteiger partial charge in [-0.3, -0.25) is 0 Å². The van der Waals surface area contributed by atoms with Gasteiger partial charge >= 0.3 is 11.9 Å². The van der Waals surface area contributed by atoms with Crippen LogP contribution in [0, 0.1) is 5.92 Å². The maximum absolute atomic E-state index is 13.1. The Hall–Kier alpha value is -0.320. The summed E-state index contributed by atoms with van der Waals surface area (Å²) in [6.07, 6.45) is 5.12. The van der Waals surface area contributed by atoms with Gasteiger partial charge < -0.3 is 38.3 Å². The van der Waals surface area contributed by atoms with Crippen molar-refractivity contribution in [3.8, 4) is 0 Å². The minimum Gasteiger partial charge on any atom is -0.378 e. The van der Waals surface area contributed by atoms with Gasteiger partial charge in [-0.05, 0) is 73.1 Å². The molecule has 0 saturated carbocycles. The number of hydrogen-bond acceptors (Lipinski definition) is 8. The molecule has 0 aliphatic carbocycles. The lowest BCUT2D eigenvalue weighted by molar-refractivity contribution is -0.554. The van der Waals surface area contributed by atoms with Crippen molar-refractivity contribution < 1.29 is 38.3 Å². The van der Waals surface area contributed by atoms with Crippen LogP contribution in [-0.2, 0) is 33.2 Å². The Morgan fingerprint density at radius 1 is 0.667 bits per heavy atom. The van der Waals surface area contributed by atoms with Crippen molar-refractivity contribution in [3.63, 3.8) is 0 Å². The van der Waals surface area contributed by atoms with Crippen LogP contribution in [0.15, 0.2) is 0 Å². The molecule has 39 heavy (non-hydrogen) atoms. The topological polar surface area (TPSA) is 84.8 Å². The van der Waals surface area contributed by atoms with Gasteiger partial charge in [0.1, 0.15) is 0 Å². The highest BCUT2D eigenvalue weighted by atomic mass is 16.9. The van der Waals surface area contributed by atoms with Crippen molar-refractivity contribution in [3.05, 3.63) is 0 Å². The first-order chi connectivity index (χ1) is 18.2. The van der Waals surface area contributed by atoms with Crippen LogP contribution in [0.2, 0.25) is 0 Å². The summed E-state index contributed by atoms with van der Waals surface area (Å²) in [4.78, 5) is 0. The van der Waals surface area contributed by atoms with E-state index in [1.54, 1.807) is 0 Å². The quantitative estimate of drug-likeness (QED) is 0.0973. The molecule has 0 bridgehead atoms. The molecular formula is C31H64O8. The van der Waals surface area contributed by atoms with E-state index in [0.29, 0.717) is 26.2 Å². The largest absolute Gasteiger partial charge is 0.378 e. The second-order valence-electron chi connectivity index (χ2n) is 12.2.